The van der Waals surface area contributed by atoms with Crippen LogP contribution in [0.1, 0.15) is 27.7 Å². The highest BCUT2D eigenvalue weighted by atomic mass is 32.2. The quantitative estimate of drug-likeness (QED) is 0.729. The van der Waals surface area contributed by atoms with E-state index in [1.54, 1.807) is 11.9 Å². The molecular formula is C10H18N2OS. The van der Waals surface area contributed by atoms with Gasteiger partial charge in [-0.2, -0.15) is 5.26 Å². The van der Waals surface area contributed by atoms with Gasteiger partial charge in [0.05, 0.1) is 19.3 Å². The lowest BCUT2D eigenvalue weighted by Gasteiger charge is -2.41. The van der Waals surface area contributed by atoms with E-state index in [4.69, 9.17) is 10.00 Å². The van der Waals surface area contributed by atoms with Crippen LogP contribution >= 0.6 is 11.9 Å². The molecule has 3 nitrogen and oxygen atoms in total. The fraction of sp³-hybridized carbons (Fsp3) is 0.900. The molecule has 1 aliphatic heterocycles. The van der Waals surface area contributed by atoms with Crippen LogP contribution in [0.2, 0.25) is 0 Å². The van der Waals surface area contributed by atoms with Gasteiger partial charge in [0.25, 0.3) is 0 Å². The molecular weight excluding hydrogens is 196 g/mol. The van der Waals surface area contributed by atoms with E-state index in [0.29, 0.717) is 13.2 Å². The maximum atomic E-state index is 9.04. The van der Waals surface area contributed by atoms with Gasteiger partial charge in [-0.1, -0.05) is 18.9 Å². The van der Waals surface area contributed by atoms with Gasteiger partial charge in [-0.05, 0) is 20.8 Å². The molecule has 1 rings (SSSR count). The summed E-state index contributed by atoms with van der Waals surface area (Å²) >= 11 is 1.61. The van der Waals surface area contributed by atoms with Gasteiger partial charge in [-0.25, -0.2) is 4.72 Å². The van der Waals surface area contributed by atoms with Gasteiger partial charge in [0, 0.05) is 10.2 Å². The summed E-state index contributed by atoms with van der Waals surface area (Å²) in [5, 5.41) is 9.04. The van der Waals surface area contributed by atoms with Crippen molar-refractivity contribution in [3.63, 3.8) is 0 Å². The third-order valence-electron chi connectivity index (χ3n) is 2.17. The molecule has 1 aliphatic rings. The minimum atomic E-state index is -0.125. The maximum absolute atomic E-state index is 9.04. The van der Waals surface area contributed by atoms with Gasteiger partial charge in [0.15, 0.2) is 0 Å². The molecule has 0 aromatic heterocycles. The van der Waals surface area contributed by atoms with Crippen molar-refractivity contribution in [2.24, 2.45) is 5.41 Å². The molecule has 1 saturated heterocycles. The van der Waals surface area contributed by atoms with Gasteiger partial charge in [-0.3, -0.25) is 0 Å². The molecule has 0 aromatic rings. The molecule has 0 bridgehead atoms. The Hall–Kier alpha value is -0.240. The highest BCUT2D eigenvalue weighted by Gasteiger charge is 2.42. The molecule has 80 valence electrons. The first-order valence-corrected chi connectivity index (χ1v) is 5.60. The van der Waals surface area contributed by atoms with Crippen LogP contribution in [-0.2, 0) is 4.74 Å². The molecule has 4 heteroatoms. The third-order valence-corrected chi connectivity index (χ3v) is 3.14. The molecule has 0 amide bonds. The van der Waals surface area contributed by atoms with Crippen LogP contribution in [-0.4, -0.2) is 24.0 Å². The van der Waals surface area contributed by atoms with E-state index in [1.165, 1.54) is 0 Å². The lowest BCUT2D eigenvalue weighted by molar-refractivity contribution is -0.108. The van der Waals surface area contributed by atoms with Gasteiger partial charge >= 0.3 is 0 Å². The van der Waals surface area contributed by atoms with Crippen molar-refractivity contribution in [2.45, 2.75) is 38.5 Å². The summed E-state index contributed by atoms with van der Waals surface area (Å²) < 4.78 is 8.51. The fourth-order valence-electron chi connectivity index (χ4n) is 1.15. The molecule has 0 aliphatic carbocycles. The molecule has 0 saturated carbocycles. The number of nitrogens with one attached hydrogen (secondary N) is 1. The van der Waals surface area contributed by atoms with E-state index in [1.807, 2.05) is 0 Å². The molecule has 1 N–H and O–H groups in total. The fourth-order valence-corrected chi connectivity index (χ4v) is 1.96. The predicted octanol–water partition coefficient (Wildman–Crippen LogP) is 1.95. The number of nitriles is 1. The highest BCUT2D eigenvalue weighted by molar-refractivity contribution is 7.98. The van der Waals surface area contributed by atoms with Gasteiger partial charge in [-0.15, -0.1) is 0 Å². The van der Waals surface area contributed by atoms with E-state index >= 15 is 0 Å². The third kappa shape index (κ3) is 2.88. The Balaban J connectivity index is 2.45. The Labute approximate surface area is 90.3 Å². The highest BCUT2D eigenvalue weighted by Crippen LogP contribution is 2.32. The van der Waals surface area contributed by atoms with Crippen molar-refractivity contribution in [1.82, 2.24) is 4.72 Å². The summed E-state index contributed by atoms with van der Waals surface area (Å²) in [5.74, 6) is 0. The monoisotopic (exact) mass is 214 g/mol. The van der Waals surface area contributed by atoms with Crippen molar-refractivity contribution in [3.05, 3.63) is 0 Å². The molecule has 0 spiro atoms. The Morgan fingerprint density at radius 2 is 2.07 bits per heavy atom. The summed E-state index contributed by atoms with van der Waals surface area (Å²) in [6.07, 6.45) is 0. The average molecular weight is 214 g/mol. The predicted molar refractivity (Wildman–Crippen MR) is 58.8 cm³/mol. The van der Waals surface area contributed by atoms with E-state index < -0.39 is 0 Å². The Morgan fingerprint density at radius 1 is 1.50 bits per heavy atom. The maximum Gasteiger partial charge on any atom is 0.114 e. The second-order valence-corrected chi connectivity index (χ2v) is 6.71. The largest absolute Gasteiger partial charge is 0.380 e. The summed E-state index contributed by atoms with van der Waals surface area (Å²) in [6, 6.07) is 2.18. The van der Waals surface area contributed by atoms with Crippen molar-refractivity contribution < 1.29 is 4.74 Å². The zero-order valence-electron chi connectivity index (χ0n) is 9.26. The molecule has 1 heterocycles. The molecule has 1 unspecified atom stereocenters. The van der Waals surface area contributed by atoms with E-state index in [0.717, 1.165) is 0 Å². The molecule has 1 atom stereocenters. The number of ether oxygens (including phenoxy) is 1. The number of hydrogen-bond acceptors (Lipinski definition) is 4. The first-order valence-electron chi connectivity index (χ1n) is 4.78. The minimum Gasteiger partial charge on any atom is -0.380 e. The van der Waals surface area contributed by atoms with Crippen molar-refractivity contribution >= 4 is 11.9 Å². The van der Waals surface area contributed by atoms with Crippen molar-refractivity contribution in [2.75, 3.05) is 13.2 Å². The Kier molecular flexibility index (Phi) is 3.46. The first-order chi connectivity index (χ1) is 6.37. The van der Waals surface area contributed by atoms with Crippen LogP contribution in [0.25, 0.3) is 0 Å². The zero-order valence-corrected chi connectivity index (χ0v) is 10.1. The van der Waals surface area contributed by atoms with E-state index in [9.17, 15) is 0 Å². The van der Waals surface area contributed by atoms with E-state index in [2.05, 4.69) is 38.5 Å². The van der Waals surface area contributed by atoms with Crippen LogP contribution in [0.4, 0.5) is 0 Å². The van der Waals surface area contributed by atoms with Gasteiger partial charge in [0.1, 0.15) is 6.04 Å². The second-order valence-electron chi connectivity index (χ2n) is 5.04. The Morgan fingerprint density at radius 3 is 2.36 bits per heavy atom. The van der Waals surface area contributed by atoms with Crippen LogP contribution in [0.5, 0.6) is 0 Å². The smallest absolute Gasteiger partial charge is 0.114 e. The molecule has 0 aromatic carbocycles. The van der Waals surface area contributed by atoms with Crippen LogP contribution < -0.4 is 4.72 Å². The van der Waals surface area contributed by atoms with Crippen LogP contribution in [0.15, 0.2) is 0 Å². The zero-order chi connectivity index (χ0) is 10.8. The summed E-state index contributed by atoms with van der Waals surface area (Å²) in [4.78, 5) is 0. The lowest BCUT2D eigenvalue weighted by Crippen LogP contribution is -2.53. The Bertz CT molecular complexity index is 237. The SMILES string of the molecule is CC(C)(C)SNC(C#N)C1(C)COC1. The topological polar surface area (TPSA) is 45.0 Å². The van der Waals surface area contributed by atoms with Gasteiger partial charge < -0.3 is 4.74 Å². The van der Waals surface area contributed by atoms with Crippen LogP contribution in [0, 0.1) is 16.7 Å². The lowest BCUT2D eigenvalue weighted by atomic mass is 9.82. The van der Waals surface area contributed by atoms with Crippen molar-refractivity contribution in [3.8, 4) is 6.07 Å². The normalized spacial score (nSPS) is 22.2. The molecule has 1 fully saturated rings. The average Bonchev–Trinajstić information content (AvgIpc) is 2.00. The second kappa shape index (κ2) is 4.09. The van der Waals surface area contributed by atoms with Crippen LogP contribution in [0.3, 0.4) is 0 Å². The molecule has 0 radical (unpaired) electrons. The number of hydrogen-bond donors (Lipinski definition) is 1. The van der Waals surface area contributed by atoms with Crippen molar-refractivity contribution in [1.29, 1.82) is 5.26 Å². The summed E-state index contributed by atoms with van der Waals surface area (Å²) in [6.45, 7) is 9.82. The standard InChI is InChI=1S/C10H18N2OS/c1-9(2,3)14-12-8(5-11)10(4)6-13-7-10/h8,12H,6-7H2,1-4H3. The summed E-state index contributed by atoms with van der Waals surface area (Å²) in [7, 11) is 0. The number of nitrogens with zero attached hydrogens (tertiary/aromatic N) is 1. The number of rotatable bonds is 3. The first kappa shape index (κ1) is 11.8. The molecule has 14 heavy (non-hydrogen) atoms. The summed E-state index contributed by atoms with van der Waals surface area (Å²) in [5.41, 5.74) is -0.00694. The van der Waals surface area contributed by atoms with Gasteiger partial charge in [0.2, 0.25) is 0 Å². The van der Waals surface area contributed by atoms with E-state index in [-0.39, 0.29) is 16.2 Å². The minimum absolute atomic E-state index is 0.00694.